The largest absolute Gasteiger partial charge is 0.496 e. The van der Waals surface area contributed by atoms with Gasteiger partial charge in [0.1, 0.15) is 11.8 Å². The van der Waals surface area contributed by atoms with E-state index in [1.807, 2.05) is 38.1 Å². The Morgan fingerprint density at radius 2 is 1.95 bits per heavy atom. The minimum absolute atomic E-state index is 0.0531. The summed E-state index contributed by atoms with van der Waals surface area (Å²) in [5, 5.41) is 2.67. The van der Waals surface area contributed by atoms with E-state index in [4.69, 9.17) is 9.47 Å². The van der Waals surface area contributed by atoms with Crippen LogP contribution in [0.5, 0.6) is 5.75 Å². The molecule has 0 spiro atoms. The van der Waals surface area contributed by atoms with E-state index < -0.39 is 12.0 Å². The molecule has 120 valence electrons. The first-order valence-corrected chi connectivity index (χ1v) is 7.27. The molecule has 5 heteroatoms. The Bertz CT molecular complexity index is 537. The highest BCUT2D eigenvalue weighted by molar-refractivity contribution is 5.95. The van der Waals surface area contributed by atoms with E-state index in [1.165, 1.54) is 6.08 Å². The Morgan fingerprint density at radius 1 is 1.27 bits per heavy atom. The summed E-state index contributed by atoms with van der Waals surface area (Å²) in [5.74, 6) is -0.144. The molecule has 0 heterocycles. The third-order valence-corrected chi connectivity index (χ3v) is 3.06. The molecule has 0 fully saturated rings. The molecule has 0 radical (unpaired) electrons. The first-order valence-electron chi connectivity index (χ1n) is 7.27. The second kappa shape index (κ2) is 8.87. The maximum Gasteiger partial charge on any atom is 0.328 e. The van der Waals surface area contributed by atoms with Crippen molar-refractivity contribution in [3.63, 3.8) is 0 Å². The van der Waals surface area contributed by atoms with Gasteiger partial charge >= 0.3 is 5.97 Å². The van der Waals surface area contributed by atoms with Crippen molar-refractivity contribution >= 4 is 18.0 Å². The van der Waals surface area contributed by atoms with Gasteiger partial charge in [0.2, 0.25) is 5.91 Å². The summed E-state index contributed by atoms with van der Waals surface area (Å²) in [6.45, 7) is 5.73. The lowest BCUT2D eigenvalue weighted by Crippen LogP contribution is -2.44. The van der Waals surface area contributed by atoms with Gasteiger partial charge in [-0.1, -0.05) is 32.0 Å². The lowest BCUT2D eigenvalue weighted by molar-refractivity contribution is -0.148. The standard InChI is InChI=1S/C17H23NO4/c1-5-22-17(20)16(12(2)3)18-15(19)11-10-13-8-6-7-9-14(13)21-4/h6-12,16H,5H2,1-4H3,(H,18,19)/b11-10+/t16-/m0/s1. The summed E-state index contributed by atoms with van der Waals surface area (Å²) < 4.78 is 10.2. The fourth-order valence-corrected chi connectivity index (χ4v) is 1.90. The van der Waals surface area contributed by atoms with Gasteiger partial charge in [0.25, 0.3) is 0 Å². The molecule has 0 aliphatic heterocycles. The van der Waals surface area contributed by atoms with E-state index in [2.05, 4.69) is 5.32 Å². The van der Waals surface area contributed by atoms with Gasteiger partial charge in [0.05, 0.1) is 13.7 Å². The van der Waals surface area contributed by atoms with Crippen molar-refractivity contribution in [3.8, 4) is 5.75 Å². The predicted octanol–water partition coefficient (Wildman–Crippen LogP) is 2.41. The van der Waals surface area contributed by atoms with Crippen LogP contribution in [0.15, 0.2) is 30.3 Å². The molecule has 0 unspecified atom stereocenters. The average molecular weight is 305 g/mol. The van der Waals surface area contributed by atoms with Crippen LogP contribution in [0.3, 0.4) is 0 Å². The van der Waals surface area contributed by atoms with E-state index in [0.717, 1.165) is 5.56 Å². The minimum atomic E-state index is -0.658. The van der Waals surface area contributed by atoms with E-state index >= 15 is 0 Å². The van der Waals surface area contributed by atoms with Gasteiger partial charge in [0.15, 0.2) is 0 Å². The van der Waals surface area contributed by atoms with Crippen LogP contribution in [0.4, 0.5) is 0 Å². The van der Waals surface area contributed by atoms with Gasteiger partial charge in [0, 0.05) is 11.6 Å². The molecule has 0 aliphatic rings. The molecule has 0 aliphatic carbocycles. The van der Waals surface area contributed by atoms with Crippen molar-refractivity contribution in [2.24, 2.45) is 5.92 Å². The number of amides is 1. The van der Waals surface area contributed by atoms with Crippen LogP contribution < -0.4 is 10.1 Å². The smallest absolute Gasteiger partial charge is 0.328 e. The highest BCUT2D eigenvalue weighted by Crippen LogP contribution is 2.18. The van der Waals surface area contributed by atoms with E-state index in [9.17, 15) is 9.59 Å². The molecule has 5 nitrogen and oxygen atoms in total. The molecular weight excluding hydrogens is 282 g/mol. The van der Waals surface area contributed by atoms with Crippen molar-refractivity contribution in [2.75, 3.05) is 13.7 Å². The Kier molecular flexibility index (Phi) is 7.16. The number of esters is 1. The maximum atomic E-state index is 12.0. The number of benzene rings is 1. The van der Waals surface area contributed by atoms with Crippen molar-refractivity contribution in [2.45, 2.75) is 26.8 Å². The molecule has 0 bridgehead atoms. The molecule has 1 amide bonds. The van der Waals surface area contributed by atoms with Gasteiger partial charge < -0.3 is 14.8 Å². The molecule has 0 saturated heterocycles. The molecule has 1 N–H and O–H groups in total. The monoisotopic (exact) mass is 305 g/mol. The van der Waals surface area contributed by atoms with Crippen LogP contribution in [-0.2, 0) is 14.3 Å². The highest BCUT2D eigenvalue weighted by Gasteiger charge is 2.24. The van der Waals surface area contributed by atoms with Crippen LogP contribution in [0.2, 0.25) is 0 Å². The zero-order chi connectivity index (χ0) is 16.5. The van der Waals surface area contributed by atoms with Gasteiger partial charge in [-0.25, -0.2) is 4.79 Å². The minimum Gasteiger partial charge on any atom is -0.496 e. The fourth-order valence-electron chi connectivity index (χ4n) is 1.90. The van der Waals surface area contributed by atoms with Crippen LogP contribution in [0, 0.1) is 5.92 Å². The molecule has 0 saturated carbocycles. The van der Waals surface area contributed by atoms with Crippen LogP contribution >= 0.6 is 0 Å². The first kappa shape index (κ1) is 17.8. The number of carbonyl (C=O) groups excluding carboxylic acids is 2. The van der Waals surface area contributed by atoms with Gasteiger partial charge in [-0.05, 0) is 25.0 Å². The summed E-state index contributed by atoms with van der Waals surface area (Å²) in [5.41, 5.74) is 0.789. The van der Waals surface area contributed by atoms with Gasteiger partial charge in [-0.3, -0.25) is 4.79 Å². The average Bonchev–Trinajstić information content (AvgIpc) is 2.50. The molecule has 22 heavy (non-hydrogen) atoms. The summed E-state index contributed by atoms with van der Waals surface area (Å²) in [4.78, 5) is 23.8. The van der Waals surface area contributed by atoms with E-state index in [-0.39, 0.29) is 18.4 Å². The summed E-state index contributed by atoms with van der Waals surface area (Å²) in [6.07, 6.45) is 3.03. The Morgan fingerprint density at radius 3 is 2.55 bits per heavy atom. The Balaban J connectivity index is 2.75. The van der Waals surface area contributed by atoms with E-state index in [0.29, 0.717) is 5.75 Å². The molecular formula is C17H23NO4. The number of hydrogen-bond acceptors (Lipinski definition) is 4. The lowest BCUT2D eigenvalue weighted by atomic mass is 10.0. The van der Waals surface area contributed by atoms with Crippen LogP contribution in [0.1, 0.15) is 26.3 Å². The summed E-state index contributed by atoms with van der Waals surface area (Å²) in [7, 11) is 1.57. The molecule has 1 rings (SSSR count). The number of carbonyl (C=O) groups is 2. The van der Waals surface area contributed by atoms with Gasteiger partial charge in [-0.15, -0.1) is 0 Å². The molecule has 1 aromatic carbocycles. The highest BCUT2D eigenvalue weighted by atomic mass is 16.5. The zero-order valence-electron chi connectivity index (χ0n) is 13.5. The van der Waals surface area contributed by atoms with Crippen molar-refractivity contribution in [1.82, 2.24) is 5.32 Å². The predicted molar refractivity (Wildman–Crippen MR) is 85.4 cm³/mol. The summed E-state index contributed by atoms with van der Waals surface area (Å²) in [6, 6.07) is 6.71. The lowest BCUT2D eigenvalue weighted by Gasteiger charge is -2.19. The second-order valence-corrected chi connectivity index (χ2v) is 5.06. The normalized spacial score (nSPS) is 12.2. The van der Waals surface area contributed by atoms with Gasteiger partial charge in [-0.2, -0.15) is 0 Å². The maximum absolute atomic E-state index is 12.0. The number of nitrogens with one attached hydrogen (secondary N) is 1. The van der Waals surface area contributed by atoms with E-state index in [1.54, 1.807) is 20.1 Å². The number of rotatable bonds is 7. The Labute approximate surface area is 131 Å². The first-order chi connectivity index (χ1) is 10.5. The van der Waals surface area contributed by atoms with Crippen LogP contribution in [0.25, 0.3) is 6.08 Å². The number of para-hydroxylation sites is 1. The number of methoxy groups -OCH3 is 1. The topological polar surface area (TPSA) is 64.6 Å². The SMILES string of the molecule is CCOC(=O)[C@@H](NC(=O)/C=C/c1ccccc1OC)C(C)C. The Hall–Kier alpha value is -2.30. The third-order valence-electron chi connectivity index (χ3n) is 3.06. The van der Waals surface area contributed by atoms with Crippen LogP contribution in [-0.4, -0.2) is 31.6 Å². The zero-order valence-corrected chi connectivity index (χ0v) is 13.5. The summed E-state index contributed by atoms with van der Waals surface area (Å²) >= 11 is 0. The van der Waals surface area contributed by atoms with Crippen molar-refractivity contribution < 1.29 is 19.1 Å². The molecule has 1 atom stereocenters. The van der Waals surface area contributed by atoms with Crippen molar-refractivity contribution in [1.29, 1.82) is 0 Å². The number of hydrogen-bond donors (Lipinski definition) is 1. The van der Waals surface area contributed by atoms with Crippen molar-refractivity contribution in [3.05, 3.63) is 35.9 Å². The molecule has 0 aromatic heterocycles. The third kappa shape index (κ3) is 5.24. The fraction of sp³-hybridized carbons (Fsp3) is 0.412. The molecule has 1 aromatic rings. The number of ether oxygens (including phenoxy) is 2. The quantitative estimate of drug-likeness (QED) is 0.620. The second-order valence-electron chi connectivity index (χ2n) is 5.06.